The highest BCUT2D eigenvalue weighted by atomic mass is 32.2. The lowest BCUT2D eigenvalue weighted by Gasteiger charge is -2.24. The van der Waals surface area contributed by atoms with Gasteiger partial charge in [-0.15, -0.1) is 0 Å². The molecule has 1 aliphatic rings. The number of rotatable bonds is 0. The summed E-state index contributed by atoms with van der Waals surface area (Å²) in [6.45, 7) is 1.74. The third kappa shape index (κ3) is 9.48. The van der Waals surface area contributed by atoms with E-state index in [0.29, 0.717) is 6.26 Å². The molecule has 0 spiro atoms. The van der Waals surface area contributed by atoms with Gasteiger partial charge in [0.25, 0.3) is 10.1 Å². The first-order valence-corrected chi connectivity index (χ1v) is 6.45. The fourth-order valence-electron chi connectivity index (χ4n) is 1.21. The van der Waals surface area contributed by atoms with Crippen LogP contribution in [-0.4, -0.2) is 50.4 Å². The molecule has 1 N–H and O–H groups in total. The SMILES string of the molecule is COC(=O)N1CCCCC1.CS(=O)(=O)O. The molecule has 0 bridgehead atoms. The number of methoxy groups -OCH3 is 1. The van der Waals surface area contributed by atoms with Gasteiger partial charge in [-0.25, -0.2) is 4.79 Å². The van der Waals surface area contributed by atoms with Crippen molar-refractivity contribution in [2.45, 2.75) is 19.3 Å². The second-order valence-electron chi connectivity index (χ2n) is 3.25. The summed E-state index contributed by atoms with van der Waals surface area (Å²) in [4.78, 5) is 12.6. The first-order chi connectivity index (χ1) is 6.84. The van der Waals surface area contributed by atoms with Crippen molar-refractivity contribution < 1.29 is 22.5 Å². The molecule has 0 aromatic heterocycles. The van der Waals surface area contributed by atoms with E-state index in [-0.39, 0.29) is 6.09 Å². The van der Waals surface area contributed by atoms with E-state index >= 15 is 0 Å². The third-order valence-corrected chi connectivity index (χ3v) is 1.79. The molecule has 0 atom stereocenters. The zero-order valence-electron chi connectivity index (χ0n) is 8.97. The van der Waals surface area contributed by atoms with E-state index in [4.69, 9.17) is 4.55 Å². The fraction of sp³-hybridized carbons (Fsp3) is 0.875. The Labute approximate surface area is 90.0 Å². The normalized spacial score (nSPS) is 16.3. The van der Waals surface area contributed by atoms with E-state index in [1.165, 1.54) is 13.5 Å². The molecule has 90 valence electrons. The van der Waals surface area contributed by atoms with Gasteiger partial charge in [0.2, 0.25) is 0 Å². The van der Waals surface area contributed by atoms with Crippen LogP contribution >= 0.6 is 0 Å². The number of carbonyl (C=O) groups excluding carboxylic acids is 1. The predicted octanol–water partition coefficient (Wildman–Crippen LogP) is 0.743. The Kier molecular flexibility index (Phi) is 6.26. The third-order valence-electron chi connectivity index (χ3n) is 1.79. The van der Waals surface area contributed by atoms with Crippen LogP contribution in [0.3, 0.4) is 0 Å². The standard InChI is InChI=1S/C7H13NO2.CH4O3S/c1-10-7(9)8-5-3-2-4-6-8;1-5(2,3)4/h2-6H2,1H3;1H3,(H,2,3,4). The number of likely N-dealkylation sites (tertiary alicyclic amines) is 1. The van der Waals surface area contributed by atoms with Gasteiger partial charge in [-0.1, -0.05) is 0 Å². The van der Waals surface area contributed by atoms with Crippen molar-refractivity contribution in [2.24, 2.45) is 0 Å². The average molecular weight is 239 g/mol. The van der Waals surface area contributed by atoms with Crippen LogP contribution in [0.15, 0.2) is 0 Å². The molecular formula is C8H17NO5S. The summed E-state index contributed by atoms with van der Waals surface area (Å²) in [7, 11) is -2.24. The summed E-state index contributed by atoms with van der Waals surface area (Å²) in [6, 6.07) is 0. The van der Waals surface area contributed by atoms with E-state index in [1.807, 2.05) is 0 Å². The smallest absolute Gasteiger partial charge is 0.409 e. The number of hydrogen-bond acceptors (Lipinski definition) is 4. The van der Waals surface area contributed by atoms with Gasteiger partial charge in [-0.3, -0.25) is 4.55 Å². The largest absolute Gasteiger partial charge is 0.453 e. The van der Waals surface area contributed by atoms with Crippen molar-refractivity contribution in [2.75, 3.05) is 26.5 Å². The van der Waals surface area contributed by atoms with E-state index < -0.39 is 10.1 Å². The van der Waals surface area contributed by atoms with Gasteiger partial charge in [0.1, 0.15) is 0 Å². The molecule has 1 heterocycles. The topological polar surface area (TPSA) is 83.9 Å². The lowest BCUT2D eigenvalue weighted by molar-refractivity contribution is 0.115. The molecule has 0 aromatic rings. The summed E-state index contributed by atoms with van der Waals surface area (Å²) in [5, 5.41) is 0. The second kappa shape index (κ2) is 6.62. The first-order valence-electron chi connectivity index (χ1n) is 4.60. The Hall–Kier alpha value is -0.820. The Balaban J connectivity index is 0.000000336. The molecule has 0 aromatic carbocycles. The summed E-state index contributed by atoms with van der Waals surface area (Å²) in [5.74, 6) is 0. The molecule has 1 fully saturated rings. The minimum atomic E-state index is -3.67. The molecule has 1 amide bonds. The van der Waals surface area contributed by atoms with Crippen molar-refractivity contribution in [3.05, 3.63) is 0 Å². The highest BCUT2D eigenvalue weighted by Gasteiger charge is 2.15. The molecular weight excluding hydrogens is 222 g/mol. The van der Waals surface area contributed by atoms with Gasteiger partial charge in [0.15, 0.2) is 0 Å². The Bertz CT molecular complexity index is 273. The minimum absolute atomic E-state index is 0.181. The zero-order chi connectivity index (χ0) is 11.9. The van der Waals surface area contributed by atoms with Crippen LogP contribution in [-0.2, 0) is 14.9 Å². The maximum absolute atomic E-state index is 10.9. The van der Waals surface area contributed by atoms with Crippen LogP contribution < -0.4 is 0 Å². The van der Waals surface area contributed by atoms with Gasteiger partial charge in [-0.2, -0.15) is 8.42 Å². The van der Waals surface area contributed by atoms with E-state index in [0.717, 1.165) is 25.9 Å². The summed E-state index contributed by atoms with van der Waals surface area (Å²) < 4.78 is 30.4. The fourth-order valence-corrected chi connectivity index (χ4v) is 1.21. The molecule has 1 rings (SSSR count). The molecule has 0 aliphatic carbocycles. The molecule has 0 radical (unpaired) electrons. The highest BCUT2D eigenvalue weighted by molar-refractivity contribution is 7.85. The average Bonchev–Trinajstić information content (AvgIpc) is 2.15. The van der Waals surface area contributed by atoms with Crippen LogP contribution in [0, 0.1) is 0 Å². The van der Waals surface area contributed by atoms with Crippen LogP contribution in [0.5, 0.6) is 0 Å². The molecule has 15 heavy (non-hydrogen) atoms. The molecule has 0 unspecified atom stereocenters. The summed E-state index contributed by atoms with van der Waals surface area (Å²) in [5.41, 5.74) is 0. The minimum Gasteiger partial charge on any atom is -0.453 e. The van der Waals surface area contributed by atoms with E-state index in [2.05, 4.69) is 4.74 Å². The lowest BCUT2D eigenvalue weighted by Crippen LogP contribution is -2.35. The van der Waals surface area contributed by atoms with Crippen molar-refractivity contribution in [3.8, 4) is 0 Å². The molecule has 1 saturated heterocycles. The van der Waals surface area contributed by atoms with Crippen molar-refractivity contribution in [1.82, 2.24) is 4.90 Å². The summed E-state index contributed by atoms with van der Waals surface area (Å²) in [6.07, 6.45) is 4.02. The van der Waals surface area contributed by atoms with Crippen LogP contribution in [0.2, 0.25) is 0 Å². The molecule has 1 aliphatic heterocycles. The Morgan fingerprint density at radius 1 is 1.27 bits per heavy atom. The van der Waals surface area contributed by atoms with Gasteiger partial charge in [-0.05, 0) is 19.3 Å². The van der Waals surface area contributed by atoms with Gasteiger partial charge in [0, 0.05) is 13.1 Å². The van der Waals surface area contributed by atoms with E-state index in [9.17, 15) is 13.2 Å². The number of amides is 1. The molecule has 0 saturated carbocycles. The molecule has 6 nitrogen and oxygen atoms in total. The Morgan fingerprint density at radius 3 is 2.00 bits per heavy atom. The number of piperidine rings is 1. The zero-order valence-corrected chi connectivity index (χ0v) is 9.79. The summed E-state index contributed by atoms with van der Waals surface area (Å²) >= 11 is 0. The van der Waals surface area contributed by atoms with Crippen molar-refractivity contribution in [1.29, 1.82) is 0 Å². The second-order valence-corrected chi connectivity index (χ2v) is 4.72. The van der Waals surface area contributed by atoms with Crippen molar-refractivity contribution in [3.63, 3.8) is 0 Å². The number of hydrogen-bond donors (Lipinski definition) is 1. The number of nitrogens with zero attached hydrogens (tertiary/aromatic N) is 1. The quantitative estimate of drug-likeness (QED) is 0.630. The number of carbonyl (C=O) groups is 1. The molecule has 7 heteroatoms. The highest BCUT2D eigenvalue weighted by Crippen LogP contribution is 2.08. The Morgan fingerprint density at radius 2 is 1.67 bits per heavy atom. The van der Waals surface area contributed by atoms with E-state index in [1.54, 1.807) is 4.90 Å². The van der Waals surface area contributed by atoms with Crippen LogP contribution in [0.4, 0.5) is 4.79 Å². The predicted molar refractivity (Wildman–Crippen MR) is 55.3 cm³/mol. The van der Waals surface area contributed by atoms with Crippen LogP contribution in [0.25, 0.3) is 0 Å². The van der Waals surface area contributed by atoms with Crippen molar-refractivity contribution >= 4 is 16.2 Å². The van der Waals surface area contributed by atoms with Gasteiger partial charge < -0.3 is 9.64 Å². The maximum Gasteiger partial charge on any atom is 0.409 e. The monoisotopic (exact) mass is 239 g/mol. The first kappa shape index (κ1) is 14.2. The van der Waals surface area contributed by atoms with Gasteiger partial charge >= 0.3 is 6.09 Å². The van der Waals surface area contributed by atoms with Gasteiger partial charge in [0.05, 0.1) is 13.4 Å². The lowest BCUT2D eigenvalue weighted by atomic mass is 10.1. The number of ether oxygens (including phenoxy) is 1. The van der Waals surface area contributed by atoms with Crippen LogP contribution in [0.1, 0.15) is 19.3 Å². The maximum atomic E-state index is 10.9.